The number of hydrogen-bond acceptors (Lipinski definition) is 6. The van der Waals surface area contributed by atoms with E-state index in [0.29, 0.717) is 33.2 Å². The largest absolute Gasteiger partial charge is 0.309 e. The first kappa shape index (κ1) is 34.1. The zero-order valence-corrected chi connectivity index (χ0v) is 32.5. The van der Waals surface area contributed by atoms with Crippen molar-refractivity contribution in [3.63, 3.8) is 0 Å². The van der Waals surface area contributed by atoms with E-state index < -0.39 is 22.2 Å². The molecule has 0 saturated heterocycles. The van der Waals surface area contributed by atoms with Crippen LogP contribution in [0.3, 0.4) is 0 Å². The van der Waals surface area contributed by atoms with E-state index in [1.54, 1.807) is 36.7 Å². The first-order valence-electron chi connectivity index (χ1n) is 20.1. The highest BCUT2D eigenvalue weighted by atomic mass is 16.2. The lowest BCUT2D eigenvalue weighted by molar-refractivity contribution is 0.979. The number of pyridine rings is 2. The normalized spacial score (nSPS) is 12.1. The average molecular weight is 801 g/mol. The smallest absolute Gasteiger partial charge is 0.266 e. The average Bonchev–Trinajstić information content (AvgIpc) is 3.99. The Morgan fingerprint density at radius 2 is 0.677 bits per heavy atom. The van der Waals surface area contributed by atoms with E-state index in [1.807, 2.05) is 66.7 Å². The van der Waals surface area contributed by atoms with E-state index >= 15 is 0 Å². The van der Waals surface area contributed by atoms with Crippen molar-refractivity contribution in [2.45, 2.75) is 0 Å². The Morgan fingerprint density at radius 3 is 1.15 bits per heavy atom. The van der Waals surface area contributed by atoms with Gasteiger partial charge in [-0.2, -0.15) is 0 Å². The summed E-state index contributed by atoms with van der Waals surface area (Å²) in [6, 6.07) is 50.2. The summed E-state index contributed by atoms with van der Waals surface area (Å²) in [5.41, 5.74) is 4.83. The molecule has 6 heterocycles. The molecule has 10 heteroatoms. The molecule has 6 aromatic heterocycles. The molecule has 0 amide bonds. The standard InChI is InChI=1S/C52H28N6O4/c59-49-38-27-40-41(52(62)58(51(40)61)46-23-29-11-9-21-53-47(29)48-37(46)16-10-22-54-48)28-39(38)50(60)57(49)32-25-30(55-42-17-5-1-12-33(42)34-13-2-6-18-43(34)55)24-31(26-32)56-44-19-7-3-14-35(44)36-15-4-8-20-45(36)56/h1-28H. The molecule has 0 N–H and O–H groups in total. The molecule has 0 fully saturated rings. The van der Waals surface area contributed by atoms with Gasteiger partial charge in [-0.25, -0.2) is 9.13 Å². The minimum Gasteiger partial charge on any atom is -0.309 e. The van der Waals surface area contributed by atoms with Crippen molar-refractivity contribution in [3.8, 4) is 22.7 Å². The SMILES string of the molecule is O=c1c2cc3c(=O)n(-c4cc5cccnc5c5ncccc45)c(=O)c3cc2c(=O)n1-c1cc(-n2c3ccccc3c3ccccc32)cc(-n2c3ccccc3c3ccccc32)c1. The molecule has 0 bridgehead atoms. The maximum Gasteiger partial charge on any atom is 0.266 e. The molecule has 0 radical (unpaired) electrons. The van der Waals surface area contributed by atoms with Crippen LogP contribution < -0.4 is 22.2 Å². The highest BCUT2D eigenvalue weighted by molar-refractivity contribution is 6.11. The molecule has 10 nitrogen and oxygen atoms in total. The van der Waals surface area contributed by atoms with Crippen LogP contribution >= 0.6 is 0 Å². The van der Waals surface area contributed by atoms with Gasteiger partial charge in [0.1, 0.15) is 0 Å². The third-order valence-electron chi connectivity index (χ3n) is 12.4. The van der Waals surface area contributed by atoms with E-state index in [0.717, 1.165) is 64.1 Å². The zero-order valence-electron chi connectivity index (χ0n) is 32.5. The summed E-state index contributed by atoms with van der Waals surface area (Å²) in [6.45, 7) is 0. The lowest BCUT2D eigenvalue weighted by atomic mass is 10.1. The van der Waals surface area contributed by atoms with Crippen LogP contribution in [0.1, 0.15) is 0 Å². The molecule has 0 atom stereocenters. The van der Waals surface area contributed by atoms with Gasteiger partial charge in [-0.05, 0) is 78.9 Å². The lowest BCUT2D eigenvalue weighted by Crippen LogP contribution is -2.24. The van der Waals surface area contributed by atoms with Crippen molar-refractivity contribution in [2.24, 2.45) is 0 Å². The summed E-state index contributed by atoms with van der Waals surface area (Å²) in [7, 11) is 0. The number of nitrogens with zero attached hydrogens (tertiary/aromatic N) is 6. The van der Waals surface area contributed by atoms with E-state index in [4.69, 9.17) is 0 Å². The minimum absolute atomic E-state index is 0.0464. The quantitative estimate of drug-likeness (QED) is 0.164. The third kappa shape index (κ3) is 4.52. The molecule has 0 unspecified atom stereocenters. The molecule has 13 rings (SSSR count). The minimum atomic E-state index is -0.595. The maximum atomic E-state index is 14.8. The summed E-state index contributed by atoms with van der Waals surface area (Å²) in [6.07, 6.45) is 3.31. The molecular weight excluding hydrogens is 773 g/mol. The van der Waals surface area contributed by atoms with Crippen LogP contribution in [0.15, 0.2) is 189 Å². The highest BCUT2D eigenvalue weighted by Gasteiger charge is 2.24. The summed E-state index contributed by atoms with van der Waals surface area (Å²) >= 11 is 0. The second-order valence-electron chi connectivity index (χ2n) is 15.7. The second-order valence-corrected chi connectivity index (χ2v) is 15.7. The Kier molecular flexibility index (Phi) is 6.82. The van der Waals surface area contributed by atoms with Crippen LogP contribution in [-0.2, 0) is 0 Å². The number of rotatable bonds is 4. The zero-order chi connectivity index (χ0) is 41.4. The molecule has 0 spiro atoms. The van der Waals surface area contributed by atoms with Crippen LogP contribution in [0.2, 0.25) is 0 Å². The van der Waals surface area contributed by atoms with Crippen molar-refractivity contribution in [2.75, 3.05) is 0 Å². The topological polar surface area (TPSA) is 114 Å². The van der Waals surface area contributed by atoms with Crippen LogP contribution in [-0.4, -0.2) is 28.2 Å². The molecule has 0 aliphatic heterocycles. The fraction of sp³-hybridized carbons (Fsp3) is 0. The maximum absolute atomic E-state index is 14.8. The molecule has 62 heavy (non-hydrogen) atoms. The number of para-hydroxylation sites is 4. The monoisotopic (exact) mass is 800 g/mol. The molecule has 290 valence electrons. The predicted molar refractivity (Wildman–Crippen MR) is 247 cm³/mol. The van der Waals surface area contributed by atoms with E-state index in [-0.39, 0.29) is 21.5 Å². The van der Waals surface area contributed by atoms with Crippen LogP contribution in [0.4, 0.5) is 0 Å². The molecule has 0 saturated carbocycles. The summed E-state index contributed by atoms with van der Waals surface area (Å²) in [5, 5.41) is 5.72. The van der Waals surface area contributed by atoms with Crippen molar-refractivity contribution in [1.82, 2.24) is 28.2 Å². The number of hydrogen-bond donors (Lipinski definition) is 0. The molecule has 0 aliphatic carbocycles. The van der Waals surface area contributed by atoms with Gasteiger partial charge in [0.05, 0.1) is 77.4 Å². The highest BCUT2D eigenvalue weighted by Crippen LogP contribution is 2.37. The van der Waals surface area contributed by atoms with Crippen LogP contribution in [0.5, 0.6) is 0 Å². The summed E-state index contributed by atoms with van der Waals surface area (Å²) < 4.78 is 6.59. The fourth-order valence-corrected chi connectivity index (χ4v) is 9.74. The Labute approximate surface area is 348 Å². The van der Waals surface area contributed by atoms with Gasteiger partial charge in [0.25, 0.3) is 22.2 Å². The van der Waals surface area contributed by atoms with Gasteiger partial charge in [0.15, 0.2) is 0 Å². The summed E-state index contributed by atoms with van der Waals surface area (Å²) in [4.78, 5) is 67.3. The second kappa shape index (κ2) is 12.4. The van der Waals surface area contributed by atoms with Gasteiger partial charge in [-0.3, -0.25) is 29.1 Å². The summed E-state index contributed by atoms with van der Waals surface area (Å²) in [5.74, 6) is 0. The lowest BCUT2D eigenvalue weighted by Gasteiger charge is -2.15. The van der Waals surface area contributed by atoms with E-state index in [1.165, 1.54) is 12.1 Å². The van der Waals surface area contributed by atoms with Crippen molar-refractivity contribution in [3.05, 3.63) is 212 Å². The van der Waals surface area contributed by atoms with Gasteiger partial charge in [-0.1, -0.05) is 78.9 Å². The van der Waals surface area contributed by atoms with Crippen LogP contribution in [0, 0.1) is 0 Å². The number of aromatic nitrogens is 6. The van der Waals surface area contributed by atoms with Gasteiger partial charge >= 0.3 is 0 Å². The van der Waals surface area contributed by atoms with Gasteiger partial charge in [0, 0.05) is 44.7 Å². The van der Waals surface area contributed by atoms with Gasteiger partial charge in [0.2, 0.25) is 0 Å². The molecular formula is C52H28N6O4. The van der Waals surface area contributed by atoms with E-state index in [9.17, 15) is 19.2 Å². The number of benzene rings is 7. The van der Waals surface area contributed by atoms with Gasteiger partial charge < -0.3 is 9.13 Å². The van der Waals surface area contributed by atoms with Crippen molar-refractivity contribution >= 4 is 87.0 Å². The van der Waals surface area contributed by atoms with Crippen molar-refractivity contribution < 1.29 is 0 Å². The predicted octanol–water partition coefficient (Wildman–Crippen LogP) is 9.18. The number of fused-ring (bicyclic) bond motifs is 11. The first-order valence-corrected chi connectivity index (χ1v) is 20.1. The Bertz CT molecular complexity index is 4020. The van der Waals surface area contributed by atoms with Crippen molar-refractivity contribution in [1.29, 1.82) is 0 Å². The Morgan fingerprint density at radius 1 is 0.306 bits per heavy atom. The third-order valence-corrected chi connectivity index (χ3v) is 12.4. The molecule has 13 aromatic rings. The van der Waals surface area contributed by atoms with Crippen LogP contribution in [0.25, 0.3) is 110 Å². The van der Waals surface area contributed by atoms with Gasteiger partial charge in [-0.15, -0.1) is 0 Å². The fourth-order valence-electron chi connectivity index (χ4n) is 9.74. The Balaban J connectivity index is 1.09. The van der Waals surface area contributed by atoms with E-state index in [2.05, 4.69) is 73.7 Å². The molecule has 7 aromatic carbocycles. The Hall–Kier alpha value is -8.76. The first-order chi connectivity index (χ1) is 30.4. The molecule has 0 aliphatic rings.